The minimum absolute atomic E-state index is 0.0333. The average Bonchev–Trinajstić information content (AvgIpc) is 3.13. The molecule has 0 spiro atoms. The Labute approximate surface area is 153 Å². The zero-order valence-electron chi connectivity index (χ0n) is 16.3. The Balaban J connectivity index is 1.70. The number of aryl methyl sites for hydroxylation is 3. The SMILES string of the molecule is Cc1cc2nc(C)c(CCC(=O)Nc3cnn(C(C)(C)C)c3)c(C)n2n1. The van der Waals surface area contributed by atoms with Crippen LogP contribution in [0.4, 0.5) is 5.69 Å². The van der Waals surface area contributed by atoms with Gasteiger partial charge in [0.2, 0.25) is 5.91 Å². The van der Waals surface area contributed by atoms with Gasteiger partial charge < -0.3 is 5.32 Å². The van der Waals surface area contributed by atoms with Crippen LogP contribution >= 0.6 is 0 Å². The number of aromatic nitrogens is 5. The molecule has 0 aliphatic carbocycles. The molecule has 0 unspecified atom stereocenters. The van der Waals surface area contributed by atoms with Crippen LogP contribution in [0.2, 0.25) is 0 Å². The molecule has 0 bridgehead atoms. The Kier molecular flexibility index (Phi) is 4.56. The molecule has 0 saturated carbocycles. The smallest absolute Gasteiger partial charge is 0.224 e. The van der Waals surface area contributed by atoms with Crippen molar-refractivity contribution in [1.29, 1.82) is 0 Å². The van der Waals surface area contributed by atoms with Gasteiger partial charge in [0.25, 0.3) is 0 Å². The molecule has 0 aliphatic rings. The first-order chi connectivity index (χ1) is 12.1. The number of anilines is 1. The molecular formula is C19H26N6O. The van der Waals surface area contributed by atoms with Gasteiger partial charge in [-0.15, -0.1) is 0 Å². The van der Waals surface area contributed by atoms with Crippen LogP contribution in [-0.4, -0.2) is 30.3 Å². The van der Waals surface area contributed by atoms with Gasteiger partial charge >= 0.3 is 0 Å². The molecule has 3 heterocycles. The summed E-state index contributed by atoms with van der Waals surface area (Å²) in [5.74, 6) is -0.0333. The number of hydrogen-bond donors (Lipinski definition) is 1. The Morgan fingerprint density at radius 2 is 1.96 bits per heavy atom. The third-order valence-corrected chi connectivity index (χ3v) is 4.44. The van der Waals surface area contributed by atoms with Gasteiger partial charge in [0.1, 0.15) is 0 Å². The summed E-state index contributed by atoms with van der Waals surface area (Å²) < 4.78 is 3.69. The van der Waals surface area contributed by atoms with E-state index in [4.69, 9.17) is 0 Å². The first-order valence-electron chi connectivity index (χ1n) is 8.82. The zero-order valence-corrected chi connectivity index (χ0v) is 16.3. The van der Waals surface area contributed by atoms with E-state index in [2.05, 4.69) is 41.3 Å². The monoisotopic (exact) mass is 354 g/mol. The summed E-state index contributed by atoms with van der Waals surface area (Å²) in [5, 5.41) is 11.7. The van der Waals surface area contributed by atoms with E-state index in [0.717, 1.165) is 34.0 Å². The van der Waals surface area contributed by atoms with Crippen LogP contribution in [-0.2, 0) is 16.8 Å². The molecule has 0 saturated heterocycles. The molecule has 0 aliphatic heterocycles. The lowest BCUT2D eigenvalue weighted by atomic mass is 10.1. The third kappa shape index (κ3) is 3.61. The van der Waals surface area contributed by atoms with Crippen LogP contribution in [0.3, 0.4) is 0 Å². The number of amides is 1. The van der Waals surface area contributed by atoms with E-state index < -0.39 is 0 Å². The second-order valence-corrected chi connectivity index (χ2v) is 7.71. The zero-order chi connectivity index (χ0) is 19.1. The van der Waals surface area contributed by atoms with E-state index >= 15 is 0 Å². The minimum Gasteiger partial charge on any atom is -0.323 e. The minimum atomic E-state index is -0.111. The number of carbonyl (C=O) groups excluding carboxylic acids is 1. The number of carbonyl (C=O) groups is 1. The molecule has 7 heteroatoms. The molecule has 1 N–H and O–H groups in total. The molecule has 3 rings (SSSR count). The lowest BCUT2D eigenvalue weighted by Gasteiger charge is -2.18. The van der Waals surface area contributed by atoms with Crippen molar-refractivity contribution in [3.05, 3.63) is 41.1 Å². The predicted octanol–water partition coefficient (Wildman–Crippen LogP) is 3.18. The van der Waals surface area contributed by atoms with Gasteiger partial charge in [0.15, 0.2) is 5.65 Å². The van der Waals surface area contributed by atoms with Crippen LogP contribution in [0.15, 0.2) is 18.5 Å². The van der Waals surface area contributed by atoms with E-state index in [1.54, 1.807) is 6.20 Å². The van der Waals surface area contributed by atoms with Crippen molar-refractivity contribution in [3.8, 4) is 0 Å². The Morgan fingerprint density at radius 1 is 1.23 bits per heavy atom. The molecule has 26 heavy (non-hydrogen) atoms. The molecule has 1 amide bonds. The maximum atomic E-state index is 12.3. The average molecular weight is 354 g/mol. The fourth-order valence-electron chi connectivity index (χ4n) is 3.02. The van der Waals surface area contributed by atoms with Gasteiger partial charge in [-0.1, -0.05) is 0 Å². The number of hydrogen-bond acceptors (Lipinski definition) is 4. The highest BCUT2D eigenvalue weighted by atomic mass is 16.1. The summed E-state index contributed by atoms with van der Waals surface area (Å²) in [5.41, 5.74) is 5.44. The highest BCUT2D eigenvalue weighted by Gasteiger charge is 2.16. The molecule has 7 nitrogen and oxygen atoms in total. The summed E-state index contributed by atoms with van der Waals surface area (Å²) in [4.78, 5) is 16.9. The summed E-state index contributed by atoms with van der Waals surface area (Å²) in [6, 6.07) is 1.96. The van der Waals surface area contributed by atoms with Gasteiger partial charge in [-0.25, -0.2) is 9.50 Å². The summed E-state index contributed by atoms with van der Waals surface area (Å²) in [6.07, 6.45) is 4.54. The van der Waals surface area contributed by atoms with Crippen molar-refractivity contribution in [1.82, 2.24) is 24.4 Å². The lowest BCUT2D eigenvalue weighted by molar-refractivity contribution is -0.116. The topological polar surface area (TPSA) is 77.1 Å². The number of nitrogens with one attached hydrogen (secondary N) is 1. The van der Waals surface area contributed by atoms with Crippen LogP contribution in [0.5, 0.6) is 0 Å². The maximum absolute atomic E-state index is 12.3. The molecule has 0 radical (unpaired) electrons. The van der Waals surface area contributed by atoms with E-state index in [-0.39, 0.29) is 11.4 Å². The van der Waals surface area contributed by atoms with Crippen molar-refractivity contribution in [2.75, 3.05) is 5.32 Å². The molecule has 0 fully saturated rings. The standard InChI is InChI=1S/C19H26N6O/c1-12-9-17-21-13(2)16(14(3)25(17)23-12)7-8-18(26)22-15-10-20-24(11-15)19(4,5)6/h9-11H,7-8H2,1-6H3,(H,22,26). The summed E-state index contributed by atoms with van der Waals surface area (Å²) in [6.45, 7) is 12.2. The van der Waals surface area contributed by atoms with Gasteiger partial charge in [-0.2, -0.15) is 10.2 Å². The van der Waals surface area contributed by atoms with Gasteiger partial charge in [0.05, 0.1) is 23.1 Å². The molecule has 0 atom stereocenters. The Morgan fingerprint density at radius 3 is 2.62 bits per heavy atom. The van der Waals surface area contributed by atoms with Crippen LogP contribution in [0.25, 0.3) is 5.65 Å². The van der Waals surface area contributed by atoms with Crippen molar-refractivity contribution >= 4 is 17.2 Å². The van der Waals surface area contributed by atoms with Crippen LogP contribution in [0, 0.1) is 20.8 Å². The van der Waals surface area contributed by atoms with Crippen molar-refractivity contribution in [2.24, 2.45) is 0 Å². The van der Waals surface area contributed by atoms with E-state index in [1.807, 2.05) is 42.2 Å². The molecular weight excluding hydrogens is 328 g/mol. The normalized spacial score (nSPS) is 11.9. The first-order valence-corrected chi connectivity index (χ1v) is 8.82. The molecule has 3 aromatic rings. The highest BCUT2D eigenvalue weighted by molar-refractivity contribution is 5.90. The van der Waals surface area contributed by atoms with Crippen LogP contribution < -0.4 is 5.32 Å². The number of nitrogens with zero attached hydrogens (tertiary/aromatic N) is 5. The molecule has 138 valence electrons. The predicted molar refractivity (Wildman–Crippen MR) is 101 cm³/mol. The fraction of sp³-hybridized carbons (Fsp3) is 0.474. The molecule has 0 aromatic carbocycles. The van der Waals surface area contributed by atoms with Crippen molar-refractivity contribution < 1.29 is 4.79 Å². The van der Waals surface area contributed by atoms with Crippen molar-refractivity contribution in [3.63, 3.8) is 0 Å². The largest absolute Gasteiger partial charge is 0.323 e. The Hall–Kier alpha value is -2.70. The summed E-state index contributed by atoms with van der Waals surface area (Å²) in [7, 11) is 0. The lowest BCUT2D eigenvalue weighted by Crippen LogP contribution is -2.22. The van der Waals surface area contributed by atoms with E-state index in [9.17, 15) is 4.79 Å². The van der Waals surface area contributed by atoms with Gasteiger partial charge in [0, 0.05) is 30.1 Å². The second-order valence-electron chi connectivity index (χ2n) is 7.71. The van der Waals surface area contributed by atoms with Crippen LogP contribution in [0.1, 0.15) is 49.8 Å². The quantitative estimate of drug-likeness (QED) is 0.781. The highest BCUT2D eigenvalue weighted by Crippen LogP contribution is 2.18. The van der Waals surface area contributed by atoms with E-state index in [0.29, 0.717) is 12.8 Å². The van der Waals surface area contributed by atoms with E-state index in [1.165, 1.54) is 0 Å². The summed E-state index contributed by atoms with van der Waals surface area (Å²) >= 11 is 0. The number of fused-ring (bicyclic) bond motifs is 1. The van der Waals surface area contributed by atoms with Gasteiger partial charge in [-0.05, 0) is 53.5 Å². The maximum Gasteiger partial charge on any atom is 0.224 e. The second kappa shape index (κ2) is 6.55. The third-order valence-electron chi connectivity index (χ3n) is 4.44. The Bertz CT molecular complexity index is 960. The molecule has 3 aromatic heterocycles. The first kappa shape index (κ1) is 18.1. The number of rotatable bonds is 4. The van der Waals surface area contributed by atoms with Crippen molar-refractivity contribution in [2.45, 2.75) is 59.9 Å². The fourth-order valence-corrected chi connectivity index (χ4v) is 3.02. The van der Waals surface area contributed by atoms with Gasteiger partial charge in [-0.3, -0.25) is 9.48 Å².